The molecule has 2 atom stereocenters. The van der Waals surface area contributed by atoms with Gasteiger partial charge in [0.1, 0.15) is 13.2 Å². The molecular formula is C58H59N5O11S. The summed E-state index contributed by atoms with van der Waals surface area (Å²) < 4.78 is 30.8. The molecule has 0 saturated carbocycles. The van der Waals surface area contributed by atoms with Crippen molar-refractivity contribution in [3.8, 4) is 23.0 Å². The predicted molar refractivity (Wildman–Crippen MR) is 285 cm³/mol. The van der Waals surface area contributed by atoms with Crippen LogP contribution in [0.5, 0.6) is 23.0 Å². The molecule has 10 rings (SSSR count). The van der Waals surface area contributed by atoms with Gasteiger partial charge in [-0.05, 0) is 84.8 Å². The summed E-state index contributed by atoms with van der Waals surface area (Å²) in [6, 6.07) is 28.6. The Kier molecular flexibility index (Phi) is 14.3. The zero-order valence-corrected chi connectivity index (χ0v) is 43.7. The first-order chi connectivity index (χ1) is 36.1. The highest BCUT2D eigenvalue weighted by molar-refractivity contribution is 7.99. The van der Waals surface area contributed by atoms with Gasteiger partial charge in [-0.15, -0.1) is 5.06 Å². The second kappa shape index (κ2) is 21.0. The second-order valence-corrected chi connectivity index (χ2v) is 22.1. The predicted octanol–water partition coefficient (Wildman–Crippen LogP) is 10.0. The number of carbonyl (C=O) groups excluding carboxylic acids is 5. The smallest absolute Gasteiger partial charge is 0.333 e. The van der Waals surface area contributed by atoms with E-state index < -0.39 is 23.4 Å². The standard InChI is InChI=1S/C58H59N5O11S/c1-57(2,18-17-54(66)74-63-52(64)15-16-53(63)65)73-20-19-58(3,4)75-34-37-22-35(32-71-50-28-44-42(26-48(50)69-5)55(67)61-40(30-59-44)24-38-11-7-9-13-46(38)61)21-36(23-37)33-72-51-29-45-43(27-49(51)70-6)56(68)62-41(31-60-45)25-39-12-8-10-14-47(39)62/h7-14,21-23,26-31,40-41H,15-20,24-25,32-34H2,1-6H3/t40-,41?/m0/s1. The fraction of sp³-hybridized carbons (Fsp3) is 0.362. The Labute approximate surface area is 439 Å². The van der Waals surface area contributed by atoms with Crippen LogP contribution < -0.4 is 28.7 Å². The molecular weight excluding hydrogens is 975 g/mol. The van der Waals surface area contributed by atoms with Gasteiger partial charge in [0.15, 0.2) is 23.0 Å². The molecule has 5 heterocycles. The number of fused-ring (bicyclic) bond motifs is 8. The van der Waals surface area contributed by atoms with Crippen LogP contribution in [0, 0.1) is 0 Å². The lowest BCUT2D eigenvalue weighted by atomic mass is 10.0. The largest absolute Gasteiger partial charge is 0.493 e. The number of methoxy groups -OCH3 is 2. The molecule has 5 aliphatic rings. The van der Waals surface area contributed by atoms with Crippen LogP contribution in [-0.4, -0.2) is 90.3 Å². The monoisotopic (exact) mass is 1030 g/mol. The number of nitrogens with zero attached hydrogens (tertiary/aromatic N) is 5. The van der Waals surface area contributed by atoms with Crippen molar-refractivity contribution < 1.29 is 52.5 Å². The maximum absolute atomic E-state index is 14.1. The molecule has 388 valence electrons. The Morgan fingerprint density at radius 1 is 0.640 bits per heavy atom. The van der Waals surface area contributed by atoms with Crippen molar-refractivity contribution in [2.24, 2.45) is 9.98 Å². The molecule has 17 heteroatoms. The molecule has 16 nitrogen and oxygen atoms in total. The third kappa shape index (κ3) is 10.9. The van der Waals surface area contributed by atoms with Gasteiger partial charge in [0.2, 0.25) is 0 Å². The van der Waals surface area contributed by atoms with Crippen molar-refractivity contribution in [2.45, 2.75) is 114 Å². The number of benzene rings is 5. The van der Waals surface area contributed by atoms with Gasteiger partial charge < -0.3 is 28.5 Å². The minimum absolute atomic E-state index is 0.0166. The summed E-state index contributed by atoms with van der Waals surface area (Å²) in [5.74, 6) is 0.330. The summed E-state index contributed by atoms with van der Waals surface area (Å²) in [5, 5.41) is 0.566. The normalized spacial score (nSPS) is 17.4. The first-order valence-corrected chi connectivity index (χ1v) is 26.1. The fourth-order valence-electron chi connectivity index (χ4n) is 9.99. The molecule has 0 spiro atoms. The first kappa shape index (κ1) is 51.0. The van der Waals surface area contributed by atoms with Gasteiger partial charge in [-0.25, -0.2) is 4.79 Å². The molecule has 5 aliphatic heterocycles. The highest BCUT2D eigenvalue weighted by Crippen LogP contribution is 2.44. The zero-order valence-electron chi connectivity index (χ0n) is 42.9. The lowest BCUT2D eigenvalue weighted by Crippen LogP contribution is -2.37. The Bertz CT molecular complexity index is 2990. The van der Waals surface area contributed by atoms with Crippen LogP contribution in [0.3, 0.4) is 0 Å². The number of ether oxygens (including phenoxy) is 5. The number of aliphatic imine (C=N–C) groups is 2. The molecule has 1 fully saturated rings. The van der Waals surface area contributed by atoms with Gasteiger partial charge in [-0.3, -0.25) is 39.0 Å². The first-order valence-electron chi connectivity index (χ1n) is 25.1. The molecule has 1 saturated heterocycles. The summed E-state index contributed by atoms with van der Waals surface area (Å²) in [6.45, 7) is 8.86. The van der Waals surface area contributed by atoms with E-state index in [9.17, 15) is 24.0 Å². The number of amides is 4. The number of imide groups is 1. The van der Waals surface area contributed by atoms with Crippen LogP contribution in [0.1, 0.15) is 108 Å². The minimum Gasteiger partial charge on any atom is -0.493 e. The lowest BCUT2D eigenvalue weighted by Gasteiger charge is -2.29. The van der Waals surface area contributed by atoms with Crippen LogP contribution >= 0.6 is 11.8 Å². The molecule has 0 aromatic heterocycles. The van der Waals surface area contributed by atoms with Crippen LogP contribution in [0.4, 0.5) is 22.7 Å². The Morgan fingerprint density at radius 2 is 1.13 bits per heavy atom. The molecule has 5 aromatic carbocycles. The van der Waals surface area contributed by atoms with E-state index in [1.165, 1.54) is 0 Å². The number of para-hydroxylation sites is 2. The summed E-state index contributed by atoms with van der Waals surface area (Å²) in [5.41, 5.74) is 7.90. The Morgan fingerprint density at radius 3 is 1.64 bits per heavy atom. The number of hydrogen-bond donors (Lipinski definition) is 0. The van der Waals surface area contributed by atoms with Crippen LogP contribution in [-0.2, 0) is 55.8 Å². The van der Waals surface area contributed by atoms with Crippen molar-refractivity contribution >= 4 is 76.5 Å². The fourth-order valence-corrected chi connectivity index (χ4v) is 10.9. The Hall–Kier alpha value is -7.50. The third-order valence-electron chi connectivity index (χ3n) is 14.1. The van der Waals surface area contributed by atoms with E-state index in [0.29, 0.717) is 88.6 Å². The van der Waals surface area contributed by atoms with E-state index in [2.05, 4.69) is 26.0 Å². The summed E-state index contributed by atoms with van der Waals surface area (Å²) in [4.78, 5) is 82.8. The minimum atomic E-state index is -0.669. The summed E-state index contributed by atoms with van der Waals surface area (Å²) in [7, 11) is 3.10. The summed E-state index contributed by atoms with van der Waals surface area (Å²) in [6.07, 6.45) is 6.12. The number of thioether (sulfide) groups is 1. The van der Waals surface area contributed by atoms with Gasteiger partial charge in [0, 0.05) is 78.7 Å². The van der Waals surface area contributed by atoms with Gasteiger partial charge in [0.25, 0.3) is 23.6 Å². The van der Waals surface area contributed by atoms with Gasteiger partial charge in [0.05, 0.1) is 60.8 Å². The third-order valence-corrected chi connectivity index (χ3v) is 15.6. The highest BCUT2D eigenvalue weighted by Gasteiger charge is 2.39. The van der Waals surface area contributed by atoms with Gasteiger partial charge in [-0.2, -0.15) is 11.8 Å². The highest BCUT2D eigenvalue weighted by atomic mass is 32.2. The number of rotatable bonds is 19. The van der Waals surface area contributed by atoms with E-state index >= 15 is 0 Å². The van der Waals surface area contributed by atoms with E-state index in [1.54, 1.807) is 60.0 Å². The molecule has 5 aromatic rings. The van der Waals surface area contributed by atoms with Crippen molar-refractivity contribution in [3.05, 3.63) is 130 Å². The lowest BCUT2D eigenvalue weighted by molar-refractivity contribution is -0.198. The van der Waals surface area contributed by atoms with E-state index in [0.717, 1.165) is 39.2 Å². The Balaban J connectivity index is 0.850. The molecule has 1 unspecified atom stereocenters. The van der Waals surface area contributed by atoms with Crippen LogP contribution in [0.15, 0.2) is 101 Å². The average molecular weight is 1030 g/mol. The van der Waals surface area contributed by atoms with Crippen LogP contribution in [0.25, 0.3) is 0 Å². The van der Waals surface area contributed by atoms with E-state index in [1.807, 2.05) is 80.9 Å². The number of hydroxylamine groups is 2. The van der Waals surface area contributed by atoms with E-state index in [4.69, 9.17) is 38.5 Å². The zero-order chi connectivity index (χ0) is 52.6. The van der Waals surface area contributed by atoms with Crippen LogP contribution in [0.2, 0.25) is 0 Å². The SMILES string of the molecule is COc1cc2c(cc1OCc1cc(COc3cc4c(cc3OC)C(=O)N3c5ccccc5C[C@H]3C=N4)cc(CSC(C)(C)CCOC(C)(C)CCC(=O)ON3C(=O)CCC3=O)c1)N=CC1Cc3ccccc3N1C2=O. The maximum atomic E-state index is 14.1. The number of hydrogen-bond acceptors (Lipinski definition) is 14. The van der Waals surface area contributed by atoms with Crippen molar-refractivity contribution in [1.82, 2.24) is 5.06 Å². The topological polar surface area (TPSA) is 175 Å². The molecule has 0 bridgehead atoms. The molecule has 0 radical (unpaired) electrons. The second-order valence-electron chi connectivity index (χ2n) is 20.4. The number of anilines is 2. The van der Waals surface area contributed by atoms with Crippen molar-refractivity contribution in [1.29, 1.82) is 0 Å². The molecule has 0 aliphatic carbocycles. The van der Waals surface area contributed by atoms with Gasteiger partial charge >= 0.3 is 5.97 Å². The quantitative estimate of drug-likeness (QED) is 0.0717. The average Bonchev–Trinajstić information content (AvgIpc) is 4.03. The van der Waals surface area contributed by atoms with Crippen molar-refractivity contribution in [3.63, 3.8) is 0 Å². The summed E-state index contributed by atoms with van der Waals surface area (Å²) >= 11 is 1.77. The maximum Gasteiger partial charge on any atom is 0.333 e. The molecule has 0 N–H and O–H groups in total. The van der Waals surface area contributed by atoms with Gasteiger partial charge in [-0.1, -0.05) is 62.4 Å². The van der Waals surface area contributed by atoms with E-state index in [-0.39, 0.29) is 61.1 Å². The number of carbonyl (C=O) groups is 5. The van der Waals surface area contributed by atoms with Crippen molar-refractivity contribution in [2.75, 3.05) is 30.6 Å². The molecule has 4 amide bonds. The molecule has 75 heavy (non-hydrogen) atoms.